The second kappa shape index (κ2) is 7.59. The number of furan rings is 1. The molecule has 0 spiro atoms. The molecule has 0 aliphatic carbocycles. The summed E-state index contributed by atoms with van der Waals surface area (Å²) in [7, 11) is -3.60. The maximum Gasteiger partial charge on any atom is 0.247 e. The van der Waals surface area contributed by atoms with Crippen LogP contribution in [0.3, 0.4) is 0 Å². The molecule has 0 aliphatic rings. The SMILES string of the molecule is CCC(CC)CN(CC)S(=O)(=O)c1cc(CO)oc1Br. The zero-order valence-electron chi connectivity index (χ0n) is 12.1. The largest absolute Gasteiger partial charge is 0.450 e. The third-order valence-corrected chi connectivity index (χ3v) is 6.25. The first-order valence-corrected chi connectivity index (χ1v) is 9.03. The Bertz CT molecular complexity index is 522. The van der Waals surface area contributed by atoms with Crippen LogP contribution < -0.4 is 0 Å². The lowest BCUT2D eigenvalue weighted by Gasteiger charge is -2.24. The van der Waals surface area contributed by atoms with Crippen molar-refractivity contribution in [2.24, 2.45) is 5.92 Å². The summed E-state index contributed by atoms with van der Waals surface area (Å²) in [5.41, 5.74) is 0. The Kier molecular flexibility index (Phi) is 6.71. The van der Waals surface area contributed by atoms with Gasteiger partial charge in [0.2, 0.25) is 10.0 Å². The zero-order chi connectivity index (χ0) is 15.3. The van der Waals surface area contributed by atoms with E-state index < -0.39 is 10.0 Å². The molecule has 0 saturated carbocycles. The van der Waals surface area contributed by atoms with E-state index in [1.165, 1.54) is 10.4 Å². The van der Waals surface area contributed by atoms with E-state index in [2.05, 4.69) is 29.8 Å². The van der Waals surface area contributed by atoms with E-state index in [4.69, 9.17) is 9.52 Å². The Morgan fingerprint density at radius 1 is 1.35 bits per heavy atom. The van der Waals surface area contributed by atoms with E-state index in [0.29, 0.717) is 19.0 Å². The molecule has 0 saturated heterocycles. The number of hydrogen-bond acceptors (Lipinski definition) is 4. The van der Waals surface area contributed by atoms with Crippen LogP contribution in [0, 0.1) is 5.92 Å². The van der Waals surface area contributed by atoms with Gasteiger partial charge in [0.25, 0.3) is 0 Å². The van der Waals surface area contributed by atoms with Gasteiger partial charge in [-0.3, -0.25) is 0 Å². The Labute approximate surface area is 129 Å². The molecule has 1 N–H and O–H groups in total. The summed E-state index contributed by atoms with van der Waals surface area (Å²) in [4.78, 5) is 0.0781. The van der Waals surface area contributed by atoms with Crippen molar-refractivity contribution in [1.29, 1.82) is 0 Å². The van der Waals surface area contributed by atoms with Crippen molar-refractivity contribution in [2.45, 2.75) is 45.1 Å². The molecular formula is C13H22BrNO4S. The number of nitrogens with zero attached hydrogens (tertiary/aromatic N) is 1. The monoisotopic (exact) mass is 367 g/mol. The number of hydrogen-bond donors (Lipinski definition) is 1. The summed E-state index contributed by atoms with van der Waals surface area (Å²) < 4.78 is 32.0. The molecule has 0 radical (unpaired) electrons. The number of halogens is 1. The van der Waals surface area contributed by atoms with Crippen molar-refractivity contribution in [3.63, 3.8) is 0 Å². The molecule has 116 valence electrons. The predicted octanol–water partition coefficient (Wildman–Crippen LogP) is 2.98. The average Bonchev–Trinajstić information content (AvgIpc) is 2.82. The van der Waals surface area contributed by atoms with Crippen molar-refractivity contribution in [2.75, 3.05) is 13.1 Å². The molecular weight excluding hydrogens is 346 g/mol. The van der Waals surface area contributed by atoms with Crippen molar-refractivity contribution in [3.8, 4) is 0 Å². The average molecular weight is 368 g/mol. The fourth-order valence-electron chi connectivity index (χ4n) is 2.02. The summed E-state index contributed by atoms with van der Waals surface area (Å²) in [5.74, 6) is 0.571. The lowest BCUT2D eigenvalue weighted by Crippen LogP contribution is -2.35. The van der Waals surface area contributed by atoms with Gasteiger partial charge in [-0.1, -0.05) is 33.6 Å². The third-order valence-electron chi connectivity index (χ3n) is 3.45. The van der Waals surface area contributed by atoms with E-state index in [-0.39, 0.29) is 21.9 Å². The minimum absolute atomic E-state index is 0.0781. The van der Waals surface area contributed by atoms with Crippen LogP contribution in [0.25, 0.3) is 0 Å². The van der Waals surface area contributed by atoms with Gasteiger partial charge in [0.05, 0.1) is 0 Å². The number of aliphatic hydroxyl groups excluding tert-OH is 1. The van der Waals surface area contributed by atoms with Gasteiger partial charge in [0.1, 0.15) is 17.3 Å². The summed E-state index contributed by atoms with van der Waals surface area (Å²) in [6, 6.07) is 1.37. The quantitative estimate of drug-likeness (QED) is 0.766. The van der Waals surface area contributed by atoms with Crippen LogP contribution in [0.4, 0.5) is 0 Å². The van der Waals surface area contributed by atoms with Crippen molar-refractivity contribution in [1.82, 2.24) is 4.31 Å². The van der Waals surface area contributed by atoms with E-state index in [1.54, 1.807) is 0 Å². The van der Waals surface area contributed by atoms with Crippen molar-refractivity contribution in [3.05, 3.63) is 16.5 Å². The molecule has 1 aromatic rings. The Hall–Kier alpha value is -0.370. The first-order valence-electron chi connectivity index (χ1n) is 6.79. The molecule has 0 aromatic carbocycles. The smallest absolute Gasteiger partial charge is 0.247 e. The second-order valence-electron chi connectivity index (χ2n) is 4.65. The van der Waals surface area contributed by atoms with Crippen LogP contribution in [0.1, 0.15) is 39.4 Å². The lowest BCUT2D eigenvalue weighted by molar-refractivity contribution is 0.245. The van der Waals surface area contributed by atoms with Crippen LogP contribution >= 0.6 is 15.9 Å². The molecule has 0 unspecified atom stereocenters. The van der Waals surface area contributed by atoms with Gasteiger partial charge in [-0.15, -0.1) is 0 Å². The van der Waals surface area contributed by atoms with Crippen molar-refractivity contribution < 1.29 is 17.9 Å². The number of aliphatic hydroxyl groups is 1. The molecule has 0 aliphatic heterocycles. The topological polar surface area (TPSA) is 70.8 Å². The van der Waals surface area contributed by atoms with E-state index >= 15 is 0 Å². The first-order chi connectivity index (χ1) is 9.40. The molecule has 0 fully saturated rings. The van der Waals surface area contributed by atoms with Gasteiger partial charge in [0.15, 0.2) is 4.67 Å². The normalized spacial score (nSPS) is 12.6. The van der Waals surface area contributed by atoms with Gasteiger partial charge < -0.3 is 9.52 Å². The van der Waals surface area contributed by atoms with Gasteiger partial charge >= 0.3 is 0 Å². The predicted molar refractivity (Wildman–Crippen MR) is 80.8 cm³/mol. The molecule has 1 aromatic heterocycles. The first kappa shape index (κ1) is 17.7. The Balaban J connectivity index is 3.08. The molecule has 20 heavy (non-hydrogen) atoms. The Morgan fingerprint density at radius 2 is 1.95 bits per heavy atom. The molecule has 1 heterocycles. The summed E-state index contributed by atoms with van der Waals surface area (Å²) in [6.45, 7) is 6.52. The summed E-state index contributed by atoms with van der Waals surface area (Å²) >= 11 is 3.11. The number of sulfonamides is 1. The minimum Gasteiger partial charge on any atom is -0.450 e. The number of rotatable bonds is 8. The standard InChI is InChI=1S/C13H22BrNO4S/c1-4-10(5-2)8-15(6-3)20(17,18)12-7-11(9-16)19-13(12)14/h7,10,16H,4-6,8-9H2,1-3H3. The van der Waals surface area contributed by atoms with E-state index in [9.17, 15) is 8.42 Å². The van der Waals surface area contributed by atoms with Crippen LogP contribution in [-0.4, -0.2) is 30.9 Å². The molecule has 0 bridgehead atoms. The van der Waals surface area contributed by atoms with E-state index in [0.717, 1.165) is 12.8 Å². The zero-order valence-corrected chi connectivity index (χ0v) is 14.5. The van der Waals surface area contributed by atoms with Crippen LogP contribution in [0.5, 0.6) is 0 Å². The molecule has 0 amide bonds. The second-order valence-corrected chi connectivity index (χ2v) is 7.27. The van der Waals surface area contributed by atoms with Crippen LogP contribution in [-0.2, 0) is 16.6 Å². The summed E-state index contributed by atoms with van der Waals surface area (Å²) in [6.07, 6.45) is 1.88. The molecule has 7 heteroatoms. The highest BCUT2D eigenvalue weighted by Crippen LogP contribution is 2.29. The van der Waals surface area contributed by atoms with Gasteiger partial charge in [0, 0.05) is 19.2 Å². The highest BCUT2D eigenvalue weighted by molar-refractivity contribution is 9.10. The molecule has 1 rings (SSSR count). The van der Waals surface area contributed by atoms with Crippen LogP contribution in [0.15, 0.2) is 20.0 Å². The third kappa shape index (κ3) is 3.84. The van der Waals surface area contributed by atoms with Crippen molar-refractivity contribution >= 4 is 26.0 Å². The molecule has 5 nitrogen and oxygen atoms in total. The maximum absolute atomic E-state index is 12.6. The van der Waals surface area contributed by atoms with Crippen LogP contribution in [0.2, 0.25) is 0 Å². The maximum atomic E-state index is 12.6. The van der Waals surface area contributed by atoms with Gasteiger partial charge in [-0.2, -0.15) is 4.31 Å². The minimum atomic E-state index is -3.60. The highest BCUT2D eigenvalue weighted by Gasteiger charge is 2.29. The summed E-state index contributed by atoms with van der Waals surface area (Å²) in [5, 5.41) is 9.04. The van der Waals surface area contributed by atoms with Gasteiger partial charge in [-0.05, 0) is 21.8 Å². The lowest BCUT2D eigenvalue weighted by atomic mass is 10.0. The van der Waals surface area contributed by atoms with E-state index in [1.807, 2.05) is 6.92 Å². The fraction of sp³-hybridized carbons (Fsp3) is 0.692. The van der Waals surface area contributed by atoms with Gasteiger partial charge in [-0.25, -0.2) is 8.42 Å². The fourth-order valence-corrected chi connectivity index (χ4v) is 4.51. The highest BCUT2D eigenvalue weighted by atomic mass is 79.9. The molecule has 0 atom stereocenters. The Morgan fingerprint density at radius 3 is 2.35 bits per heavy atom.